The Bertz CT molecular complexity index is 1050. The third-order valence-electron chi connectivity index (χ3n) is 4.96. The van der Waals surface area contributed by atoms with E-state index in [4.69, 9.17) is 4.18 Å². The highest BCUT2D eigenvalue weighted by molar-refractivity contribution is 7.86. The fraction of sp³-hybridized carbons (Fsp3) is 0.200. The van der Waals surface area contributed by atoms with E-state index in [0.717, 1.165) is 41.4 Å². The predicted octanol–water partition coefficient (Wildman–Crippen LogP) is 5.74. The molecule has 3 aromatic carbocycles. The van der Waals surface area contributed by atoms with Gasteiger partial charge < -0.3 is 0 Å². The molecule has 3 nitrogen and oxygen atoms in total. The van der Waals surface area contributed by atoms with Gasteiger partial charge in [0.1, 0.15) is 0 Å². The summed E-state index contributed by atoms with van der Waals surface area (Å²) in [6, 6.07) is 28.8. The van der Waals surface area contributed by atoms with Crippen LogP contribution >= 0.6 is 0 Å². The van der Waals surface area contributed by atoms with Crippen LogP contribution in [0, 0.1) is 0 Å². The summed E-state index contributed by atoms with van der Waals surface area (Å²) < 4.78 is 28.2. The zero-order valence-electron chi connectivity index (χ0n) is 16.8. The highest BCUT2D eigenvalue weighted by atomic mass is 32.2. The van der Waals surface area contributed by atoms with E-state index in [1.807, 2.05) is 43.3 Å². The Morgan fingerprint density at radius 1 is 0.793 bits per heavy atom. The Kier molecular flexibility index (Phi) is 7.02. The van der Waals surface area contributed by atoms with Gasteiger partial charge in [0.2, 0.25) is 0 Å². The van der Waals surface area contributed by atoms with E-state index >= 15 is 0 Å². The molecule has 0 N–H and O–H groups in total. The molecule has 3 rings (SSSR count). The summed E-state index contributed by atoms with van der Waals surface area (Å²) in [5.41, 5.74) is 6.67. The third-order valence-corrected chi connectivity index (χ3v) is 5.51. The van der Waals surface area contributed by atoms with Crippen LogP contribution < -0.4 is 0 Å². The Morgan fingerprint density at radius 3 is 1.93 bits per heavy atom. The van der Waals surface area contributed by atoms with Crippen LogP contribution in [0.5, 0.6) is 0 Å². The molecule has 0 aliphatic rings. The van der Waals surface area contributed by atoms with Crippen molar-refractivity contribution < 1.29 is 12.6 Å². The lowest BCUT2D eigenvalue weighted by Crippen LogP contribution is -2.08. The van der Waals surface area contributed by atoms with Crippen molar-refractivity contribution in [3.63, 3.8) is 0 Å². The van der Waals surface area contributed by atoms with E-state index in [2.05, 4.69) is 48.5 Å². The van der Waals surface area contributed by atoms with Crippen LogP contribution in [-0.4, -0.2) is 21.3 Å². The molecule has 0 fully saturated rings. The summed E-state index contributed by atoms with van der Waals surface area (Å²) >= 11 is 0. The van der Waals surface area contributed by atoms with E-state index < -0.39 is 10.1 Å². The molecule has 0 radical (unpaired) electrons. The first-order valence-electron chi connectivity index (χ1n) is 9.65. The highest BCUT2D eigenvalue weighted by Crippen LogP contribution is 2.26. The fourth-order valence-corrected chi connectivity index (χ4v) is 3.59. The van der Waals surface area contributed by atoms with Crippen molar-refractivity contribution in [3.8, 4) is 11.1 Å². The van der Waals surface area contributed by atoms with Gasteiger partial charge in [0, 0.05) is 0 Å². The van der Waals surface area contributed by atoms with Gasteiger partial charge in [-0.1, -0.05) is 84.9 Å². The van der Waals surface area contributed by atoms with Gasteiger partial charge in [0.25, 0.3) is 10.1 Å². The number of benzene rings is 3. The topological polar surface area (TPSA) is 43.4 Å². The Morgan fingerprint density at radius 2 is 1.34 bits per heavy atom. The average Bonchev–Trinajstić information content (AvgIpc) is 2.74. The molecule has 29 heavy (non-hydrogen) atoms. The molecule has 0 aliphatic heterocycles. The lowest BCUT2D eigenvalue weighted by atomic mass is 9.95. The van der Waals surface area contributed by atoms with Crippen molar-refractivity contribution in [1.29, 1.82) is 0 Å². The Balaban J connectivity index is 1.84. The zero-order valence-corrected chi connectivity index (χ0v) is 17.7. The van der Waals surface area contributed by atoms with Crippen molar-refractivity contribution in [3.05, 3.63) is 102 Å². The second kappa shape index (κ2) is 9.68. The summed E-state index contributed by atoms with van der Waals surface area (Å²) in [5, 5.41) is 0. The molecule has 0 atom stereocenters. The minimum atomic E-state index is -3.49. The summed E-state index contributed by atoms with van der Waals surface area (Å²) in [6.07, 6.45) is 2.67. The standard InChI is InChI=1S/C25H26O3S/c1-20(22-15-17-24(18-16-22)23-11-7-4-8-12-23)25(19-28-29(2,26)27)14-13-21-9-5-3-6-10-21/h3-12,15-18H,13-14,19H2,1-2H3/b25-20-. The largest absolute Gasteiger partial charge is 0.266 e. The smallest absolute Gasteiger partial charge is 0.264 e. The Hall–Kier alpha value is -2.69. The zero-order chi connectivity index (χ0) is 20.7. The molecule has 0 unspecified atom stereocenters. The van der Waals surface area contributed by atoms with Gasteiger partial charge >= 0.3 is 0 Å². The minimum Gasteiger partial charge on any atom is -0.266 e. The highest BCUT2D eigenvalue weighted by Gasteiger charge is 2.11. The monoisotopic (exact) mass is 406 g/mol. The molecule has 0 saturated carbocycles. The summed E-state index contributed by atoms with van der Waals surface area (Å²) in [4.78, 5) is 0. The summed E-state index contributed by atoms with van der Waals surface area (Å²) in [7, 11) is -3.49. The quantitative estimate of drug-likeness (QED) is 0.448. The summed E-state index contributed by atoms with van der Waals surface area (Å²) in [6.45, 7) is 2.11. The first kappa shape index (κ1) is 21.0. The van der Waals surface area contributed by atoms with Gasteiger partial charge in [-0.3, -0.25) is 4.18 Å². The Labute approximate surface area is 173 Å². The number of hydrogen-bond acceptors (Lipinski definition) is 3. The molecule has 0 saturated heterocycles. The molecule has 0 heterocycles. The van der Waals surface area contributed by atoms with Gasteiger partial charge in [-0.2, -0.15) is 8.42 Å². The van der Waals surface area contributed by atoms with Crippen molar-refractivity contribution >= 4 is 15.7 Å². The van der Waals surface area contributed by atoms with Crippen LogP contribution in [-0.2, 0) is 20.7 Å². The maximum absolute atomic E-state index is 11.5. The van der Waals surface area contributed by atoms with Crippen molar-refractivity contribution in [2.45, 2.75) is 19.8 Å². The molecule has 4 heteroatoms. The molecule has 0 aromatic heterocycles. The van der Waals surface area contributed by atoms with Crippen LogP contribution in [0.4, 0.5) is 0 Å². The normalized spacial score (nSPS) is 12.5. The van der Waals surface area contributed by atoms with Crippen LogP contribution in [0.15, 0.2) is 90.5 Å². The number of allylic oxidation sites excluding steroid dienone is 1. The van der Waals surface area contributed by atoms with Crippen LogP contribution in [0.1, 0.15) is 24.5 Å². The fourth-order valence-electron chi connectivity index (χ4n) is 3.23. The lowest BCUT2D eigenvalue weighted by Gasteiger charge is -2.14. The van der Waals surface area contributed by atoms with E-state index in [1.165, 1.54) is 11.1 Å². The molecular weight excluding hydrogens is 380 g/mol. The SMILES string of the molecule is C/C(=C(\CCc1ccccc1)COS(C)(=O)=O)c1ccc(-c2ccccc2)cc1. The van der Waals surface area contributed by atoms with Gasteiger partial charge in [0.15, 0.2) is 0 Å². The van der Waals surface area contributed by atoms with Gasteiger partial charge in [-0.15, -0.1) is 0 Å². The molecule has 0 bridgehead atoms. The summed E-state index contributed by atoms with van der Waals surface area (Å²) in [5.74, 6) is 0. The van der Waals surface area contributed by atoms with Crippen molar-refractivity contribution in [2.24, 2.45) is 0 Å². The van der Waals surface area contributed by atoms with E-state index in [1.54, 1.807) is 0 Å². The van der Waals surface area contributed by atoms with Crippen molar-refractivity contribution in [2.75, 3.05) is 12.9 Å². The molecule has 150 valence electrons. The minimum absolute atomic E-state index is 0.0813. The van der Waals surface area contributed by atoms with Gasteiger partial charge in [-0.05, 0) is 53.2 Å². The molecular formula is C25H26O3S. The van der Waals surface area contributed by atoms with E-state index in [0.29, 0.717) is 0 Å². The molecule has 0 amide bonds. The first-order valence-corrected chi connectivity index (χ1v) is 11.5. The van der Waals surface area contributed by atoms with E-state index in [9.17, 15) is 8.42 Å². The lowest BCUT2D eigenvalue weighted by molar-refractivity contribution is 0.349. The van der Waals surface area contributed by atoms with Crippen LogP contribution in [0.25, 0.3) is 16.7 Å². The number of hydrogen-bond donors (Lipinski definition) is 0. The maximum Gasteiger partial charge on any atom is 0.264 e. The number of aryl methyl sites for hydroxylation is 1. The van der Waals surface area contributed by atoms with Crippen molar-refractivity contribution in [1.82, 2.24) is 0 Å². The molecule has 0 aliphatic carbocycles. The van der Waals surface area contributed by atoms with Crippen LogP contribution in [0.3, 0.4) is 0 Å². The molecule has 3 aromatic rings. The number of rotatable bonds is 8. The third kappa shape index (κ3) is 6.41. The van der Waals surface area contributed by atoms with E-state index in [-0.39, 0.29) is 6.61 Å². The van der Waals surface area contributed by atoms with Crippen LogP contribution in [0.2, 0.25) is 0 Å². The van der Waals surface area contributed by atoms with Gasteiger partial charge in [0.05, 0.1) is 12.9 Å². The second-order valence-electron chi connectivity index (χ2n) is 7.12. The average molecular weight is 407 g/mol. The predicted molar refractivity (Wildman–Crippen MR) is 120 cm³/mol. The maximum atomic E-state index is 11.5. The second-order valence-corrected chi connectivity index (χ2v) is 8.77. The first-order chi connectivity index (χ1) is 13.9. The van der Waals surface area contributed by atoms with Gasteiger partial charge in [-0.25, -0.2) is 0 Å². The molecule has 0 spiro atoms.